The Morgan fingerprint density at radius 1 is 1.06 bits per heavy atom. The van der Waals surface area contributed by atoms with Gasteiger partial charge in [-0.2, -0.15) is 0 Å². The van der Waals surface area contributed by atoms with Gasteiger partial charge in [0.2, 0.25) is 0 Å². The van der Waals surface area contributed by atoms with Crippen LogP contribution in [-0.4, -0.2) is 13.2 Å². The minimum absolute atomic E-state index is 0.703. The molecular formula is C16H25NO. The highest BCUT2D eigenvalue weighted by molar-refractivity contribution is 5.22. The van der Waals surface area contributed by atoms with Crippen molar-refractivity contribution >= 4 is 0 Å². The van der Waals surface area contributed by atoms with Gasteiger partial charge in [0.05, 0.1) is 6.61 Å². The Kier molecular flexibility index (Phi) is 5.21. The van der Waals surface area contributed by atoms with E-state index in [1.54, 1.807) is 7.11 Å². The van der Waals surface area contributed by atoms with Gasteiger partial charge < -0.3 is 10.1 Å². The highest BCUT2D eigenvalue weighted by atomic mass is 16.5. The molecule has 0 spiro atoms. The Hall–Kier alpha value is -0.860. The van der Waals surface area contributed by atoms with Crippen LogP contribution < -0.4 is 5.32 Å². The van der Waals surface area contributed by atoms with Gasteiger partial charge in [-0.05, 0) is 42.7 Å². The molecule has 0 aliphatic heterocycles. The van der Waals surface area contributed by atoms with Crippen LogP contribution in [-0.2, 0) is 17.9 Å². The van der Waals surface area contributed by atoms with E-state index in [0.717, 1.165) is 18.5 Å². The fourth-order valence-electron chi connectivity index (χ4n) is 2.65. The van der Waals surface area contributed by atoms with E-state index in [4.69, 9.17) is 4.74 Å². The predicted molar refractivity (Wildman–Crippen MR) is 75.4 cm³/mol. The maximum Gasteiger partial charge on any atom is 0.0713 e. The summed E-state index contributed by atoms with van der Waals surface area (Å²) in [6, 6.07) is 9.44. The summed E-state index contributed by atoms with van der Waals surface area (Å²) < 4.78 is 5.12. The SMILES string of the molecule is COCc1ccc(CNC2CCC(C)CC2)cc1. The first-order valence-corrected chi connectivity index (χ1v) is 7.08. The maximum absolute atomic E-state index is 5.12. The first-order chi connectivity index (χ1) is 8.78. The predicted octanol–water partition coefficient (Wildman–Crippen LogP) is 3.50. The number of hydrogen-bond acceptors (Lipinski definition) is 2. The number of ether oxygens (including phenoxy) is 1. The molecule has 2 rings (SSSR count). The smallest absolute Gasteiger partial charge is 0.0713 e. The zero-order chi connectivity index (χ0) is 12.8. The largest absolute Gasteiger partial charge is 0.380 e. The molecule has 0 heterocycles. The van der Waals surface area contributed by atoms with Gasteiger partial charge >= 0.3 is 0 Å². The molecule has 100 valence electrons. The van der Waals surface area contributed by atoms with Crippen molar-refractivity contribution in [2.24, 2.45) is 5.92 Å². The van der Waals surface area contributed by atoms with Crippen LogP contribution in [0.15, 0.2) is 24.3 Å². The quantitative estimate of drug-likeness (QED) is 0.860. The van der Waals surface area contributed by atoms with E-state index < -0.39 is 0 Å². The third-order valence-electron chi connectivity index (χ3n) is 3.94. The summed E-state index contributed by atoms with van der Waals surface area (Å²) in [5.74, 6) is 0.927. The number of benzene rings is 1. The fraction of sp³-hybridized carbons (Fsp3) is 0.625. The summed E-state index contributed by atoms with van der Waals surface area (Å²) in [5, 5.41) is 3.68. The molecule has 18 heavy (non-hydrogen) atoms. The standard InChI is InChI=1S/C16H25NO/c1-13-3-9-16(10-4-13)17-11-14-5-7-15(8-6-14)12-18-2/h5-8,13,16-17H,3-4,9-12H2,1-2H3. The average molecular weight is 247 g/mol. The van der Waals surface area contributed by atoms with Crippen molar-refractivity contribution in [2.75, 3.05) is 7.11 Å². The highest BCUT2D eigenvalue weighted by Gasteiger charge is 2.17. The number of methoxy groups -OCH3 is 1. The Bertz CT molecular complexity index is 339. The molecule has 1 aromatic carbocycles. The molecule has 0 amide bonds. The van der Waals surface area contributed by atoms with Gasteiger partial charge in [0.25, 0.3) is 0 Å². The molecule has 1 aliphatic carbocycles. The van der Waals surface area contributed by atoms with Gasteiger partial charge in [0, 0.05) is 19.7 Å². The van der Waals surface area contributed by atoms with Crippen LogP contribution in [0, 0.1) is 5.92 Å². The van der Waals surface area contributed by atoms with Crippen molar-refractivity contribution in [1.29, 1.82) is 0 Å². The summed E-state index contributed by atoms with van der Waals surface area (Å²) in [4.78, 5) is 0. The topological polar surface area (TPSA) is 21.3 Å². The second-order valence-electron chi connectivity index (χ2n) is 5.59. The van der Waals surface area contributed by atoms with Crippen molar-refractivity contribution in [3.05, 3.63) is 35.4 Å². The zero-order valence-corrected chi connectivity index (χ0v) is 11.6. The van der Waals surface area contributed by atoms with Crippen molar-refractivity contribution in [3.63, 3.8) is 0 Å². The van der Waals surface area contributed by atoms with E-state index in [-0.39, 0.29) is 0 Å². The minimum Gasteiger partial charge on any atom is -0.380 e. The Balaban J connectivity index is 1.76. The van der Waals surface area contributed by atoms with E-state index >= 15 is 0 Å². The molecule has 1 saturated carbocycles. The average Bonchev–Trinajstić information content (AvgIpc) is 2.40. The third kappa shape index (κ3) is 4.11. The molecule has 1 aromatic rings. The Morgan fingerprint density at radius 2 is 1.67 bits per heavy atom. The number of nitrogens with one attached hydrogen (secondary N) is 1. The van der Waals surface area contributed by atoms with Crippen LogP contribution in [0.5, 0.6) is 0 Å². The fourth-order valence-corrected chi connectivity index (χ4v) is 2.65. The van der Waals surface area contributed by atoms with Crippen molar-refractivity contribution in [3.8, 4) is 0 Å². The number of rotatable bonds is 5. The molecule has 1 N–H and O–H groups in total. The van der Waals surface area contributed by atoms with Crippen LogP contribution in [0.3, 0.4) is 0 Å². The van der Waals surface area contributed by atoms with Gasteiger partial charge in [-0.3, -0.25) is 0 Å². The molecule has 2 heteroatoms. The van der Waals surface area contributed by atoms with E-state index in [2.05, 4.69) is 36.5 Å². The lowest BCUT2D eigenvalue weighted by Crippen LogP contribution is -2.32. The first-order valence-electron chi connectivity index (χ1n) is 7.08. The molecule has 2 nitrogen and oxygen atoms in total. The molecule has 0 atom stereocenters. The Morgan fingerprint density at radius 3 is 2.28 bits per heavy atom. The third-order valence-corrected chi connectivity index (χ3v) is 3.94. The van der Waals surface area contributed by atoms with E-state index in [0.29, 0.717) is 6.61 Å². The molecule has 0 saturated heterocycles. The van der Waals surface area contributed by atoms with E-state index in [9.17, 15) is 0 Å². The lowest BCUT2D eigenvalue weighted by molar-refractivity contribution is 0.185. The summed E-state index contributed by atoms with van der Waals surface area (Å²) in [5.41, 5.74) is 2.61. The van der Waals surface area contributed by atoms with Crippen LogP contribution in [0.1, 0.15) is 43.7 Å². The molecule has 0 unspecified atom stereocenters. The monoisotopic (exact) mass is 247 g/mol. The van der Waals surface area contributed by atoms with Crippen molar-refractivity contribution in [1.82, 2.24) is 5.32 Å². The normalized spacial score (nSPS) is 24.1. The summed E-state index contributed by atoms with van der Waals surface area (Å²) in [6.45, 7) is 4.06. The van der Waals surface area contributed by atoms with Crippen molar-refractivity contribution in [2.45, 2.75) is 51.8 Å². The highest BCUT2D eigenvalue weighted by Crippen LogP contribution is 2.23. The van der Waals surface area contributed by atoms with Crippen LogP contribution in [0.25, 0.3) is 0 Å². The second-order valence-corrected chi connectivity index (χ2v) is 5.59. The molecule has 1 aliphatic rings. The van der Waals surface area contributed by atoms with Crippen molar-refractivity contribution < 1.29 is 4.74 Å². The van der Waals surface area contributed by atoms with Gasteiger partial charge in [0.1, 0.15) is 0 Å². The summed E-state index contributed by atoms with van der Waals surface area (Å²) in [6.07, 6.45) is 5.43. The second kappa shape index (κ2) is 6.91. The van der Waals surface area contributed by atoms with E-state index in [1.807, 2.05) is 0 Å². The van der Waals surface area contributed by atoms with Crippen LogP contribution >= 0.6 is 0 Å². The van der Waals surface area contributed by atoms with Crippen LogP contribution in [0.2, 0.25) is 0 Å². The molecule has 0 bridgehead atoms. The molecule has 0 aromatic heterocycles. The summed E-state index contributed by atoms with van der Waals surface area (Å²) >= 11 is 0. The first kappa shape index (κ1) is 13.6. The van der Waals surface area contributed by atoms with Gasteiger partial charge in [-0.25, -0.2) is 0 Å². The molecule has 0 radical (unpaired) electrons. The lowest BCUT2D eigenvalue weighted by Gasteiger charge is -2.27. The minimum atomic E-state index is 0.703. The summed E-state index contributed by atoms with van der Waals surface area (Å²) in [7, 11) is 1.74. The maximum atomic E-state index is 5.12. The van der Waals surface area contributed by atoms with Gasteiger partial charge in [-0.15, -0.1) is 0 Å². The van der Waals surface area contributed by atoms with E-state index in [1.165, 1.54) is 36.8 Å². The number of hydrogen-bond donors (Lipinski definition) is 1. The molecular weight excluding hydrogens is 222 g/mol. The van der Waals surface area contributed by atoms with Gasteiger partial charge in [-0.1, -0.05) is 31.2 Å². The Labute approximate surface area is 111 Å². The molecule has 1 fully saturated rings. The van der Waals surface area contributed by atoms with Crippen LogP contribution in [0.4, 0.5) is 0 Å². The zero-order valence-electron chi connectivity index (χ0n) is 11.6. The lowest BCUT2D eigenvalue weighted by atomic mass is 9.87. The van der Waals surface area contributed by atoms with Gasteiger partial charge in [0.15, 0.2) is 0 Å².